The number of fused-ring (bicyclic) bond motifs is 1. The first kappa shape index (κ1) is 13.7. The third-order valence-corrected chi connectivity index (χ3v) is 3.51. The van der Waals surface area contributed by atoms with Crippen LogP contribution in [-0.4, -0.2) is 24.0 Å². The molecular formula is C16H19N3O2. The van der Waals surface area contributed by atoms with Gasteiger partial charge in [0.2, 0.25) is 5.91 Å². The maximum Gasteiger partial charge on any atom is 0.224 e. The van der Waals surface area contributed by atoms with Crippen LogP contribution in [0.15, 0.2) is 36.7 Å². The molecule has 1 aromatic heterocycles. The van der Waals surface area contributed by atoms with E-state index in [1.54, 1.807) is 0 Å². The lowest BCUT2D eigenvalue weighted by Crippen LogP contribution is -2.21. The number of H-pyrrole nitrogens is 1. The van der Waals surface area contributed by atoms with Crippen LogP contribution in [0.4, 0.5) is 5.69 Å². The van der Waals surface area contributed by atoms with Crippen LogP contribution < -0.4 is 15.4 Å². The number of anilines is 1. The normalized spacial score (nSPS) is 13.6. The van der Waals surface area contributed by atoms with Gasteiger partial charge < -0.3 is 20.4 Å². The van der Waals surface area contributed by atoms with Crippen molar-refractivity contribution in [2.45, 2.75) is 19.4 Å². The Morgan fingerprint density at radius 3 is 3.05 bits per heavy atom. The molecule has 21 heavy (non-hydrogen) atoms. The van der Waals surface area contributed by atoms with Gasteiger partial charge in [-0.2, -0.15) is 0 Å². The fourth-order valence-electron chi connectivity index (χ4n) is 2.39. The van der Waals surface area contributed by atoms with Crippen molar-refractivity contribution in [1.29, 1.82) is 0 Å². The molecule has 0 radical (unpaired) electrons. The molecule has 3 N–H and O–H groups in total. The van der Waals surface area contributed by atoms with Crippen molar-refractivity contribution in [2.24, 2.45) is 0 Å². The minimum absolute atomic E-state index is 0.0881. The SMILES string of the molecule is O=C1CCc2cc(OCCNCc3cc[nH]c3)ccc2N1. The minimum Gasteiger partial charge on any atom is -0.492 e. The number of ether oxygens (including phenoxy) is 1. The molecule has 1 aliphatic heterocycles. The number of aromatic nitrogens is 1. The molecule has 5 heteroatoms. The van der Waals surface area contributed by atoms with Gasteiger partial charge in [-0.05, 0) is 41.8 Å². The number of hydrogen-bond acceptors (Lipinski definition) is 3. The maximum atomic E-state index is 11.3. The van der Waals surface area contributed by atoms with Gasteiger partial charge in [-0.15, -0.1) is 0 Å². The molecule has 1 amide bonds. The van der Waals surface area contributed by atoms with Crippen molar-refractivity contribution < 1.29 is 9.53 Å². The summed E-state index contributed by atoms with van der Waals surface area (Å²) in [6.45, 7) is 2.25. The van der Waals surface area contributed by atoms with E-state index in [9.17, 15) is 4.79 Å². The summed E-state index contributed by atoms with van der Waals surface area (Å²) in [6, 6.07) is 7.87. The van der Waals surface area contributed by atoms with Crippen LogP contribution in [0.2, 0.25) is 0 Å². The highest BCUT2D eigenvalue weighted by Gasteiger charge is 2.14. The number of rotatable bonds is 6. The Kier molecular flexibility index (Phi) is 4.21. The van der Waals surface area contributed by atoms with E-state index in [0.717, 1.165) is 36.5 Å². The number of carbonyl (C=O) groups excluding carboxylic acids is 1. The Morgan fingerprint density at radius 1 is 1.24 bits per heavy atom. The molecule has 5 nitrogen and oxygen atoms in total. The summed E-state index contributed by atoms with van der Waals surface area (Å²) in [7, 11) is 0. The Morgan fingerprint density at radius 2 is 2.19 bits per heavy atom. The summed E-state index contributed by atoms with van der Waals surface area (Å²) in [6.07, 6.45) is 5.23. The molecule has 0 unspecified atom stereocenters. The van der Waals surface area contributed by atoms with Gasteiger partial charge >= 0.3 is 0 Å². The smallest absolute Gasteiger partial charge is 0.224 e. The number of amides is 1. The summed E-state index contributed by atoms with van der Waals surface area (Å²) in [5, 5.41) is 6.19. The second kappa shape index (κ2) is 6.45. The van der Waals surface area contributed by atoms with Crippen molar-refractivity contribution in [2.75, 3.05) is 18.5 Å². The predicted octanol–water partition coefficient (Wildman–Crippen LogP) is 2.07. The summed E-state index contributed by atoms with van der Waals surface area (Å²) >= 11 is 0. The molecule has 1 aliphatic rings. The second-order valence-electron chi connectivity index (χ2n) is 5.11. The summed E-state index contributed by atoms with van der Waals surface area (Å²) < 4.78 is 5.74. The van der Waals surface area contributed by atoms with E-state index in [0.29, 0.717) is 13.0 Å². The van der Waals surface area contributed by atoms with Gasteiger partial charge in [0.05, 0.1) is 0 Å². The third-order valence-electron chi connectivity index (χ3n) is 3.51. The van der Waals surface area contributed by atoms with Crippen molar-refractivity contribution >= 4 is 11.6 Å². The lowest BCUT2D eigenvalue weighted by molar-refractivity contribution is -0.116. The van der Waals surface area contributed by atoms with E-state index in [2.05, 4.69) is 15.6 Å². The van der Waals surface area contributed by atoms with Crippen LogP contribution in [-0.2, 0) is 17.8 Å². The molecule has 0 fully saturated rings. The zero-order valence-electron chi connectivity index (χ0n) is 11.8. The van der Waals surface area contributed by atoms with Gasteiger partial charge in [0.1, 0.15) is 12.4 Å². The van der Waals surface area contributed by atoms with Crippen LogP contribution in [0.1, 0.15) is 17.5 Å². The number of benzene rings is 1. The molecular weight excluding hydrogens is 266 g/mol. The third kappa shape index (κ3) is 3.64. The molecule has 3 rings (SSSR count). The fraction of sp³-hybridized carbons (Fsp3) is 0.312. The molecule has 0 atom stereocenters. The zero-order valence-corrected chi connectivity index (χ0v) is 11.8. The molecule has 2 aromatic rings. The number of hydrogen-bond donors (Lipinski definition) is 3. The van der Waals surface area contributed by atoms with Crippen molar-refractivity contribution in [3.05, 3.63) is 47.8 Å². The number of aryl methyl sites for hydroxylation is 1. The first-order valence-electron chi connectivity index (χ1n) is 7.19. The molecule has 2 heterocycles. The van der Waals surface area contributed by atoms with Gasteiger partial charge in [0.25, 0.3) is 0 Å². The topological polar surface area (TPSA) is 66.1 Å². The van der Waals surface area contributed by atoms with Gasteiger partial charge in [0.15, 0.2) is 0 Å². The Balaban J connectivity index is 1.44. The molecule has 0 spiro atoms. The zero-order chi connectivity index (χ0) is 14.5. The molecule has 110 valence electrons. The first-order valence-corrected chi connectivity index (χ1v) is 7.19. The van der Waals surface area contributed by atoms with Crippen LogP contribution in [0.3, 0.4) is 0 Å². The van der Waals surface area contributed by atoms with E-state index in [4.69, 9.17) is 4.74 Å². The predicted molar refractivity (Wildman–Crippen MR) is 81.4 cm³/mol. The fourth-order valence-corrected chi connectivity index (χ4v) is 2.39. The average molecular weight is 285 g/mol. The summed E-state index contributed by atoms with van der Waals surface area (Å²) in [4.78, 5) is 14.3. The lowest BCUT2D eigenvalue weighted by atomic mass is 10.0. The van der Waals surface area contributed by atoms with Crippen molar-refractivity contribution in [1.82, 2.24) is 10.3 Å². The molecule has 1 aromatic carbocycles. The van der Waals surface area contributed by atoms with Crippen molar-refractivity contribution in [3.8, 4) is 5.75 Å². The first-order chi connectivity index (χ1) is 10.3. The molecule has 0 bridgehead atoms. The quantitative estimate of drug-likeness (QED) is 0.712. The van der Waals surface area contributed by atoms with Crippen molar-refractivity contribution in [3.63, 3.8) is 0 Å². The Bertz CT molecular complexity index is 608. The molecule has 0 aliphatic carbocycles. The molecule has 0 saturated heterocycles. The van der Waals surface area contributed by atoms with Gasteiger partial charge in [-0.3, -0.25) is 4.79 Å². The maximum absolute atomic E-state index is 11.3. The van der Waals surface area contributed by atoms with E-state index in [1.807, 2.05) is 36.7 Å². The van der Waals surface area contributed by atoms with E-state index in [-0.39, 0.29) is 5.91 Å². The number of aromatic amines is 1. The van der Waals surface area contributed by atoms with Crippen LogP contribution in [0, 0.1) is 0 Å². The number of nitrogens with one attached hydrogen (secondary N) is 3. The Labute approximate surface area is 123 Å². The minimum atomic E-state index is 0.0881. The van der Waals surface area contributed by atoms with E-state index >= 15 is 0 Å². The monoisotopic (exact) mass is 285 g/mol. The summed E-state index contributed by atoms with van der Waals surface area (Å²) in [5.74, 6) is 0.943. The second-order valence-corrected chi connectivity index (χ2v) is 5.11. The molecule has 0 saturated carbocycles. The lowest BCUT2D eigenvalue weighted by Gasteiger charge is -2.17. The Hall–Kier alpha value is -2.27. The standard InChI is InChI=1S/C16H19N3O2/c20-16-4-1-13-9-14(2-3-15(13)19-16)21-8-7-18-11-12-5-6-17-10-12/h2-3,5-6,9-10,17-18H,1,4,7-8,11H2,(H,19,20). The van der Waals surface area contributed by atoms with Gasteiger partial charge in [-0.25, -0.2) is 0 Å². The van der Waals surface area contributed by atoms with E-state index < -0.39 is 0 Å². The van der Waals surface area contributed by atoms with Gasteiger partial charge in [0, 0.05) is 37.6 Å². The summed E-state index contributed by atoms with van der Waals surface area (Å²) in [5.41, 5.74) is 3.29. The van der Waals surface area contributed by atoms with Crippen LogP contribution in [0.25, 0.3) is 0 Å². The highest BCUT2D eigenvalue weighted by Crippen LogP contribution is 2.26. The largest absolute Gasteiger partial charge is 0.492 e. The van der Waals surface area contributed by atoms with Gasteiger partial charge in [-0.1, -0.05) is 0 Å². The average Bonchev–Trinajstić information content (AvgIpc) is 3.00. The van der Waals surface area contributed by atoms with Crippen LogP contribution >= 0.6 is 0 Å². The van der Waals surface area contributed by atoms with E-state index in [1.165, 1.54) is 5.56 Å². The highest BCUT2D eigenvalue weighted by molar-refractivity contribution is 5.93. The number of carbonyl (C=O) groups is 1. The van der Waals surface area contributed by atoms with Crippen LogP contribution in [0.5, 0.6) is 5.75 Å². The highest BCUT2D eigenvalue weighted by atomic mass is 16.5.